The maximum atomic E-state index is 13.0. The fourth-order valence-electron chi connectivity index (χ4n) is 2.42. The highest BCUT2D eigenvalue weighted by atomic mass is 32.2. The molecule has 1 aromatic carbocycles. The van der Waals surface area contributed by atoms with Crippen molar-refractivity contribution in [1.29, 1.82) is 0 Å². The van der Waals surface area contributed by atoms with Gasteiger partial charge in [0.1, 0.15) is 16.5 Å². The molecule has 3 rings (SSSR count). The summed E-state index contributed by atoms with van der Waals surface area (Å²) in [6, 6.07) is 6.77. The molecule has 0 radical (unpaired) electrons. The molecule has 118 valence electrons. The number of sulfonamides is 1. The van der Waals surface area contributed by atoms with Gasteiger partial charge in [0.15, 0.2) is 0 Å². The molecule has 0 amide bonds. The minimum Gasteiger partial charge on any atom is -0.495 e. The highest BCUT2D eigenvalue weighted by Gasteiger charge is 2.39. The third kappa shape index (κ3) is 2.74. The second-order valence-corrected chi connectivity index (χ2v) is 7.25. The standard InChI is InChI=1S/C15H19N3O3S/c1-17-10-9-16-15(17)11-18(12-7-8-12)22(19,20)14-6-4-3-5-13(14)21-2/h3-6,9-10,12H,7-8,11H2,1-2H3. The number of hydrogen-bond acceptors (Lipinski definition) is 4. The molecule has 1 fully saturated rings. The van der Waals surface area contributed by atoms with Gasteiger partial charge < -0.3 is 9.30 Å². The quantitative estimate of drug-likeness (QED) is 0.813. The molecule has 1 aliphatic rings. The number of hydrogen-bond donors (Lipinski definition) is 0. The molecule has 0 N–H and O–H groups in total. The Kier molecular flexibility index (Phi) is 3.92. The number of para-hydroxylation sites is 1. The van der Waals surface area contributed by atoms with Crippen molar-refractivity contribution in [3.05, 3.63) is 42.5 Å². The Morgan fingerprint density at radius 1 is 1.36 bits per heavy atom. The first-order chi connectivity index (χ1) is 10.5. The van der Waals surface area contributed by atoms with Crippen LogP contribution in [-0.2, 0) is 23.6 Å². The van der Waals surface area contributed by atoms with Crippen LogP contribution in [-0.4, -0.2) is 35.4 Å². The van der Waals surface area contributed by atoms with Crippen LogP contribution in [0.25, 0.3) is 0 Å². The molecule has 0 bridgehead atoms. The lowest BCUT2D eigenvalue weighted by molar-refractivity contribution is 0.374. The zero-order chi connectivity index (χ0) is 15.7. The molecule has 22 heavy (non-hydrogen) atoms. The summed E-state index contributed by atoms with van der Waals surface area (Å²) in [7, 11) is -0.273. The fourth-order valence-corrected chi connectivity index (χ4v) is 4.22. The van der Waals surface area contributed by atoms with E-state index in [9.17, 15) is 8.42 Å². The number of nitrogens with zero attached hydrogens (tertiary/aromatic N) is 3. The zero-order valence-electron chi connectivity index (χ0n) is 12.6. The monoisotopic (exact) mass is 321 g/mol. The summed E-state index contributed by atoms with van der Waals surface area (Å²) in [4.78, 5) is 4.45. The Bertz CT molecular complexity index is 766. The maximum absolute atomic E-state index is 13.0. The summed E-state index contributed by atoms with van der Waals surface area (Å²) < 4.78 is 34.7. The van der Waals surface area contributed by atoms with E-state index >= 15 is 0 Å². The van der Waals surface area contributed by atoms with Crippen LogP contribution in [0.3, 0.4) is 0 Å². The topological polar surface area (TPSA) is 64.4 Å². The number of ether oxygens (including phenoxy) is 1. The zero-order valence-corrected chi connectivity index (χ0v) is 13.5. The van der Waals surface area contributed by atoms with Crippen molar-refractivity contribution in [2.24, 2.45) is 7.05 Å². The van der Waals surface area contributed by atoms with Crippen molar-refractivity contribution >= 4 is 10.0 Å². The minimum absolute atomic E-state index is 0.0478. The van der Waals surface area contributed by atoms with Gasteiger partial charge in [-0.25, -0.2) is 13.4 Å². The van der Waals surface area contributed by atoms with Crippen LogP contribution in [0.1, 0.15) is 18.7 Å². The minimum atomic E-state index is -3.62. The van der Waals surface area contributed by atoms with E-state index in [4.69, 9.17) is 4.74 Å². The number of imidazole rings is 1. The van der Waals surface area contributed by atoms with E-state index in [-0.39, 0.29) is 17.5 Å². The number of aromatic nitrogens is 2. The first kappa shape index (κ1) is 15.1. The molecule has 0 saturated heterocycles. The maximum Gasteiger partial charge on any atom is 0.247 e. The van der Waals surface area contributed by atoms with Crippen molar-refractivity contribution in [2.75, 3.05) is 7.11 Å². The first-order valence-corrected chi connectivity index (χ1v) is 8.59. The largest absolute Gasteiger partial charge is 0.495 e. The van der Waals surface area contributed by atoms with Gasteiger partial charge in [-0.1, -0.05) is 12.1 Å². The van der Waals surface area contributed by atoms with Gasteiger partial charge in [0.05, 0.1) is 13.7 Å². The molecular formula is C15H19N3O3S. The van der Waals surface area contributed by atoms with Crippen LogP contribution in [0.5, 0.6) is 5.75 Å². The molecule has 0 atom stereocenters. The molecule has 0 spiro atoms. The van der Waals surface area contributed by atoms with Gasteiger partial charge in [-0.3, -0.25) is 0 Å². The summed E-state index contributed by atoms with van der Waals surface area (Å²) in [5.74, 6) is 1.10. The van der Waals surface area contributed by atoms with Crippen LogP contribution in [0.4, 0.5) is 0 Å². The summed E-state index contributed by atoms with van der Waals surface area (Å²) in [6.07, 6.45) is 5.27. The van der Waals surface area contributed by atoms with Crippen LogP contribution < -0.4 is 4.74 Å². The Labute approximate surface area is 130 Å². The lowest BCUT2D eigenvalue weighted by atomic mass is 10.3. The van der Waals surface area contributed by atoms with Gasteiger partial charge in [0.25, 0.3) is 0 Å². The highest BCUT2D eigenvalue weighted by Crippen LogP contribution is 2.35. The Hall–Kier alpha value is -1.86. The van der Waals surface area contributed by atoms with Crippen LogP contribution in [0, 0.1) is 0 Å². The predicted molar refractivity (Wildman–Crippen MR) is 82.0 cm³/mol. The summed E-state index contributed by atoms with van der Waals surface area (Å²) in [6.45, 7) is 0.272. The molecule has 1 heterocycles. The van der Waals surface area contributed by atoms with E-state index in [1.165, 1.54) is 11.4 Å². The molecule has 1 aromatic heterocycles. The number of aryl methyl sites for hydroxylation is 1. The van der Waals surface area contributed by atoms with Gasteiger partial charge in [-0.05, 0) is 25.0 Å². The number of benzene rings is 1. The fraction of sp³-hybridized carbons (Fsp3) is 0.400. The predicted octanol–water partition coefficient (Wildman–Crippen LogP) is 1.78. The van der Waals surface area contributed by atoms with Crippen molar-refractivity contribution in [1.82, 2.24) is 13.9 Å². The molecule has 7 heteroatoms. The van der Waals surface area contributed by atoms with Crippen molar-refractivity contribution in [3.63, 3.8) is 0 Å². The van der Waals surface area contributed by atoms with Crippen LogP contribution >= 0.6 is 0 Å². The molecule has 0 aliphatic heterocycles. The lowest BCUT2D eigenvalue weighted by Gasteiger charge is -2.22. The lowest BCUT2D eigenvalue weighted by Crippen LogP contribution is -2.33. The molecule has 0 unspecified atom stereocenters. The van der Waals surface area contributed by atoms with E-state index in [2.05, 4.69) is 4.98 Å². The van der Waals surface area contributed by atoms with E-state index in [1.807, 2.05) is 17.8 Å². The SMILES string of the molecule is COc1ccccc1S(=O)(=O)N(Cc1nccn1C)C1CC1. The molecule has 1 saturated carbocycles. The summed E-state index contributed by atoms with van der Waals surface area (Å²) in [5, 5.41) is 0. The van der Waals surface area contributed by atoms with Gasteiger partial charge in [-0.15, -0.1) is 0 Å². The molecule has 1 aliphatic carbocycles. The van der Waals surface area contributed by atoms with Crippen molar-refractivity contribution in [2.45, 2.75) is 30.3 Å². The molecular weight excluding hydrogens is 302 g/mol. The average molecular weight is 321 g/mol. The third-order valence-electron chi connectivity index (χ3n) is 3.83. The summed E-state index contributed by atoms with van der Waals surface area (Å²) >= 11 is 0. The molecule has 2 aromatic rings. The van der Waals surface area contributed by atoms with E-state index in [0.717, 1.165) is 18.7 Å². The molecule has 6 nitrogen and oxygen atoms in total. The van der Waals surface area contributed by atoms with E-state index in [0.29, 0.717) is 5.75 Å². The second kappa shape index (κ2) is 5.73. The Morgan fingerprint density at radius 3 is 2.68 bits per heavy atom. The van der Waals surface area contributed by atoms with Crippen molar-refractivity contribution in [3.8, 4) is 5.75 Å². The first-order valence-electron chi connectivity index (χ1n) is 7.15. The highest BCUT2D eigenvalue weighted by molar-refractivity contribution is 7.89. The van der Waals surface area contributed by atoms with Crippen LogP contribution in [0.2, 0.25) is 0 Å². The third-order valence-corrected chi connectivity index (χ3v) is 5.77. The Morgan fingerprint density at radius 2 is 2.09 bits per heavy atom. The van der Waals surface area contributed by atoms with Gasteiger partial charge >= 0.3 is 0 Å². The average Bonchev–Trinajstić information content (AvgIpc) is 3.27. The van der Waals surface area contributed by atoms with E-state index < -0.39 is 10.0 Å². The van der Waals surface area contributed by atoms with Crippen molar-refractivity contribution < 1.29 is 13.2 Å². The van der Waals surface area contributed by atoms with Crippen LogP contribution in [0.15, 0.2) is 41.6 Å². The number of methoxy groups -OCH3 is 1. The smallest absolute Gasteiger partial charge is 0.247 e. The Balaban J connectivity index is 1.98. The second-order valence-electron chi connectivity index (χ2n) is 5.39. The van der Waals surface area contributed by atoms with E-state index in [1.54, 1.807) is 30.5 Å². The summed E-state index contributed by atoms with van der Waals surface area (Å²) in [5.41, 5.74) is 0. The normalized spacial score (nSPS) is 15.2. The number of rotatable bonds is 6. The van der Waals surface area contributed by atoms with Gasteiger partial charge in [-0.2, -0.15) is 4.31 Å². The van der Waals surface area contributed by atoms with Gasteiger partial charge in [0.2, 0.25) is 10.0 Å². The van der Waals surface area contributed by atoms with Gasteiger partial charge in [0, 0.05) is 25.5 Å².